The third kappa shape index (κ3) is 27.0. The number of aliphatic hydroxyl groups excluding tert-OH is 8. The molecule has 0 aromatic carbocycles. The third-order valence-electron chi connectivity index (χ3n) is 13.4. The van der Waals surface area contributed by atoms with Crippen LogP contribution in [0.3, 0.4) is 0 Å². The number of carbonyl (C=O) groups is 1. The van der Waals surface area contributed by atoms with Crippen LogP contribution in [0.5, 0.6) is 0 Å². The number of amides is 1. The summed E-state index contributed by atoms with van der Waals surface area (Å²) in [7, 11) is 0. The molecule has 1 amide bonds. The van der Waals surface area contributed by atoms with Gasteiger partial charge in [-0.1, -0.05) is 186 Å². The highest BCUT2D eigenvalue weighted by molar-refractivity contribution is 5.76. The molecule has 14 nitrogen and oxygen atoms in total. The summed E-state index contributed by atoms with van der Waals surface area (Å²) < 4.78 is 22.6. The Labute approximate surface area is 405 Å². The lowest BCUT2D eigenvalue weighted by atomic mass is 9.97. The average Bonchev–Trinajstić information content (AvgIpc) is 3.33. The molecule has 0 spiro atoms. The van der Waals surface area contributed by atoms with E-state index in [1.807, 2.05) is 0 Å². The van der Waals surface area contributed by atoms with Crippen molar-refractivity contribution in [3.05, 3.63) is 24.3 Å². The van der Waals surface area contributed by atoms with Crippen molar-refractivity contribution in [1.82, 2.24) is 5.32 Å². The monoisotopic (exact) mass is 958 g/mol. The third-order valence-corrected chi connectivity index (χ3v) is 13.4. The van der Waals surface area contributed by atoms with E-state index in [0.717, 1.165) is 57.8 Å². The van der Waals surface area contributed by atoms with Gasteiger partial charge in [0.1, 0.15) is 48.8 Å². The first-order valence-electron chi connectivity index (χ1n) is 27.1. The molecule has 0 radical (unpaired) electrons. The average molecular weight is 958 g/mol. The Hall–Kier alpha value is -1.53. The second-order valence-electron chi connectivity index (χ2n) is 19.4. The van der Waals surface area contributed by atoms with Gasteiger partial charge in [-0.15, -0.1) is 0 Å². The van der Waals surface area contributed by atoms with Crippen molar-refractivity contribution in [3.63, 3.8) is 0 Å². The number of hydrogen-bond acceptors (Lipinski definition) is 13. The second kappa shape index (κ2) is 40.1. The number of aliphatic hydroxyl groups is 8. The van der Waals surface area contributed by atoms with Crippen molar-refractivity contribution >= 4 is 5.91 Å². The summed E-state index contributed by atoms with van der Waals surface area (Å²) in [6, 6.07) is -0.821. The smallest absolute Gasteiger partial charge is 0.220 e. The molecule has 14 heteroatoms. The summed E-state index contributed by atoms with van der Waals surface area (Å²) in [5.74, 6) is -0.214. The minimum absolute atomic E-state index is 0.214. The summed E-state index contributed by atoms with van der Waals surface area (Å²) >= 11 is 0. The van der Waals surface area contributed by atoms with Crippen molar-refractivity contribution in [2.24, 2.45) is 0 Å². The van der Waals surface area contributed by atoms with E-state index < -0.39 is 86.8 Å². The maximum Gasteiger partial charge on any atom is 0.220 e. The molecule has 2 heterocycles. The van der Waals surface area contributed by atoms with Crippen molar-refractivity contribution < 1.29 is 64.6 Å². The fourth-order valence-corrected chi connectivity index (χ4v) is 8.97. The van der Waals surface area contributed by atoms with Gasteiger partial charge < -0.3 is 65.1 Å². The van der Waals surface area contributed by atoms with E-state index in [4.69, 9.17) is 18.9 Å². The Balaban J connectivity index is 1.56. The summed E-state index contributed by atoms with van der Waals surface area (Å²) in [5, 5.41) is 86.2. The number of nitrogens with one attached hydrogen (secondary N) is 1. The van der Waals surface area contributed by atoms with Gasteiger partial charge in [0.05, 0.1) is 32.0 Å². The highest BCUT2D eigenvalue weighted by atomic mass is 16.7. The zero-order valence-electron chi connectivity index (χ0n) is 41.9. The predicted octanol–water partition coefficient (Wildman–Crippen LogP) is 7.72. The zero-order chi connectivity index (χ0) is 48.9. The minimum Gasteiger partial charge on any atom is -0.394 e. The van der Waals surface area contributed by atoms with Crippen LogP contribution in [0.4, 0.5) is 0 Å². The molecule has 0 aliphatic carbocycles. The van der Waals surface area contributed by atoms with Gasteiger partial charge >= 0.3 is 0 Å². The fourth-order valence-electron chi connectivity index (χ4n) is 8.97. The van der Waals surface area contributed by atoms with E-state index in [0.29, 0.717) is 12.8 Å². The highest BCUT2D eigenvalue weighted by Gasteiger charge is 2.51. The van der Waals surface area contributed by atoms with E-state index >= 15 is 0 Å². The summed E-state index contributed by atoms with van der Waals surface area (Å²) in [6.07, 6.45) is 28.6. The predicted molar refractivity (Wildman–Crippen MR) is 263 cm³/mol. The van der Waals surface area contributed by atoms with Gasteiger partial charge in [0, 0.05) is 6.42 Å². The molecule has 2 aliphatic heterocycles. The Morgan fingerprint density at radius 3 is 1.49 bits per heavy atom. The molecule has 0 bridgehead atoms. The first-order chi connectivity index (χ1) is 32.6. The number of unbranched alkanes of at least 4 members (excludes halogenated alkanes) is 25. The van der Waals surface area contributed by atoms with Gasteiger partial charge in [0.25, 0.3) is 0 Å². The molecule has 12 unspecified atom stereocenters. The van der Waals surface area contributed by atoms with Crippen molar-refractivity contribution in [3.8, 4) is 0 Å². The van der Waals surface area contributed by atoms with Crippen LogP contribution in [-0.4, -0.2) is 140 Å². The van der Waals surface area contributed by atoms with Gasteiger partial charge in [-0.2, -0.15) is 0 Å². The highest BCUT2D eigenvalue weighted by Crippen LogP contribution is 2.30. The van der Waals surface area contributed by atoms with E-state index in [-0.39, 0.29) is 12.5 Å². The van der Waals surface area contributed by atoms with E-state index in [2.05, 4.69) is 43.5 Å². The van der Waals surface area contributed by atoms with Crippen LogP contribution in [0.1, 0.15) is 213 Å². The molecule has 0 saturated carbocycles. The van der Waals surface area contributed by atoms with E-state index in [9.17, 15) is 45.6 Å². The quantitative estimate of drug-likeness (QED) is 0.0211. The van der Waals surface area contributed by atoms with Gasteiger partial charge in [-0.3, -0.25) is 4.79 Å². The normalized spacial score (nSPS) is 26.7. The maximum absolute atomic E-state index is 13.1. The first-order valence-corrected chi connectivity index (χ1v) is 27.1. The molecule has 2 fully saturated rings. The summed E-state index contributed by atoms with van der Waals surface area (Å²) in [4.78, 5) is 13.1. The molecule has 2 rings (SSSR count). The molecule has 12 atom stereocenters. The van der Waals surface area contributed by atoms with Crippen molar-refractivity contribution in [1.29, 1.82) is 0 Å². The van der Waals surface area contributed by atoms with Crippen LogP contribution >= 0.6 is 0 Å². The van der Waals surface area contributed by atoms with Crippen LogP contribution < -0.4 is 5.32 Å². The SMILES string of the molecule is CCCCCCC/C=C\C/C=C\CCCCCCCCCCCCCCCCCCCC(=O)NC(COC1OC(CO)C(OC2OC(CO)C(O)C(O)C2O)C(O)C1O)C(O)CCCCCC. The molecule has 0 aromatic rings. The topological polar surface area (TPSA) is 228 Å². The number of hydrogen-bond donors (Lipinski definition) is 9. The van der Waals surface area contributed by atoms with Crippen LogP contribution in [-0.2, 0) is 23.7 Å². The zero-order valence-corrected chi connectivity index (χ0v) is 41.9. The molecular formula is C53H99NO13. The minimum atomic E-state index is -1.78. The Kier molecular flexibility index (Phi) is 36.9. The van der Waals surface area contributed by atoms with Crippen LogP contribution in [0, 0.1) is 0 Å². The lowest BCUT2D eigenvalue weighted by Crippen LogP contribution is -2.65. The fraction of sp³-hybridized carbons (Fsp3) is 0.906. The second-order valence-corrected chi connectivity index (χ2v) is 19.4. The lowest BCUT2D eigenvalue weighted by Gasteiger charge is -2.46. The number of allylic oxidation sites excluding steroid dienone is 4. The summed E-state index contributed by atoms with van der Waals surface area (Å²) in [5.41, 5.74) is 0. The largest absolute Gasteiger partial charge is 0.394 e. The molecule has 2 aliphatic rings. The van der Waals surface area contributed by atoms with E-state index in [1.165, 1.54) is 128 Å². The van der Waals surface area contributed by atoms with E-state index in [1.54, 1.807) is 0 Å². The van der Waals surface area contributed by atoms with Gasteiger partial charge in [-0.25, -0.2) is 0 Å². The lowest BCUT2D eigenvalue weighted by molar-refractivity contribution is -0.359. The Morgan fingerprint density at radius 1 is 0.537 bits per heavy atom. The number of rotatable bonds is 42. The first kappa shape index (κ1) is 61.6. The van der Waals surface area contributed by atoms with Gasteiger partial charge in [0.15, 0.2) is 12.6 Å². The molecule has 2 saturated heterocycles. The molecule has 394 valence electrons. The van der Waals surface area contributed by atoms with Crippen molar-refractivity contribution in [2.75, 3.05) is 19.8 Å². The molecular weight excluding hydrogens is 859 g/mol. The molecule has 67 heavy (non-hydrogen) atoms. The van der Waals surface area contributed by atoms with Crippen LogP contribution in [0.2, 0.25) is 0 Å². The van der Waals surface area contributed by atoms with Gasteiger partial charge in [-0.05, 0) is 44.9 Å². The standard InChI is InChI=1S/C53H99NO13/c1-3-5-7-9-10-11-12-13-14-15-16-17-18-19-20-21-22-23-24-25-26-27-28-29-30-31-32-33-35-37-45(58)54-41(42(57)36-34-8-6-4-2)40-64-52-50(63)48(61)51(44(39-56)66-52)67-53-49(62)47(60)46(59)43(38-55)65-53/h12-13,15-16,41-44,46-53,55-57,59-63H,3-11,14,17-40H2,1-2H3,(H,54,58)/b13-12-,16-15-. The van der Waals surface area contributed by atoms with Gasteiger partial charge in [0.2, 0.25) is 5.91 Å². The summed E-state index contributed by atoms with van der Waals surface area (Å²) in [6.45, 7) is 2.71. The molecule has 9 N–H and O–H groups in total. The van der Waals surface area contributed by atoms with Crippen molar-refractivity contribution in [2.45, 2.75) is 286 Å². The number of carbonyl (C=O) groups excluding carboxylic acids is 1. The molecule has 0 aromatic heterocycles. The Bertz CT molecular complexity index is 1220. The number of ether oxygens (including phenoxy) is 4. The Morgan fingerprint density at radius 2 is 0.985 bits per heavy atom. The maximum atomic E-state index is 13.1. The van der Waals surface area contributed by atoms with Crippen LogP contribution in [0.25, 0.3) is 0 Å². The van der Waals surface area contributed by atoms with Crippen LogP contribution in [0.15, 0.2) is 24.3 Å².